The molecule has 1 N–H and O–H groups in total. The summed E-state index contributed by atoms with van der Waals surface area (Å²) < 4.78 is 46.0. The number of carbonyl (C=O) groups excluding carboxylic acids is 1. The molecule has 0 aromatic heterocycles. The Kier molecular flexibility index (Phi) is 5.13. The minimum atomic E-state index is -3.95. The van der Waals surface area contributed by atoms with Crippen LogP contribution in [0.25, 0.3) is 0 Å². The van der Waals surface area contributed by atoms with Crippen LogP contribution in [-0.4, -0.2) is 28.0 Å². The Hall–Kier alpha value is -2.61. The Bertz CT molecular complexity index is 931. The Morgan fingerprint density at radius 3 is 2.65 bits per heavy atom. The lowest BCUT2D eigenvalue weighted by Crippen LogP contribution is -2.35. The van der Waals surface area contributed by atoms with Crippen molar-refractivity contribution in [3.8, 4) is 5.75 Å². The standard InChI is InChI=1S/C18H19FN2O4S/c1-25-17-9-8-14(12-16(17)21-10-3-2-7-18(21)22)20-26(23,24)15-6-4-5-13(19)11-15/h4-6,8-9,11-12,20H,2-3,7,10H2,1H3. The molecule has 2 aromatic rings. The van der Waals surface area contributed by atoms with E-state index in [0.717, 1.165) is 18.9 Å². The van der Waals surface area contributed by atoms with Crippen LogP contribution in [0.15, 0.2) is 47.4 Å². The molecule has 3 rings (SSSR count). The quantitative estimate of drug-likeness (QED) is 0.867. The molecule has 1 aliphatic heterocycles. The molecular formula is C18H19FN2O4S. The monoisotopic (exact) mass is 378 g/mol. The van der Waals surface area contributed by atoms with E-state index in [2.05, 4.69) is 4.72 Å². The first-order valence-corrected chi connectivity index (χ1v) is 9.66. The molecule has 0 unspecified atom stereocenters. The van der Waals surface area contributed by atoms with Crippen LogP contribution in [-0.2, 0) is 14.8 Å². The number of hydrogen-bond donors (Lipinski definition) is 1. The number of ether oxygens (including phenoxy) is 1. The molecule has 8 heteroatoms. The van der Waals surface area contributed by atoms with E-state index in [4.69, 9.17) is 4.74 Å². The summed E-state index contributed by atoms with van der Waals surface area (Å²) in [5.41, 5.74) is 0.778. The Morgan fingerprint density at radius 2 is 1.96 bits per heavy atom. The molecule has 1 fully saturated rings. The van der Waals surface area contributed by atoms with Gasteiger partial charge in [0.25, 0.3) is 10.0 Å². The average molecular weight is 378 g/mol. The van der Waals surface area contributed by atoms with Crippen LogP contribution < -0.4 is 14.4 Å². The summed E-state index contributed by atoms with van der Waals surface area (Å²) in [6.45, 7) is 0.551. The smallest absolute Gasteiger partial charge is 0.261 e. The lowest BCUT2D eigenvalue weighted by molar-refractivity contribution is -0.119. The molecule has 0 saturated carbocycles. The van der Waals surface area contributed by atoms with Crippen molar-refractivity contribution in [1.29, 1.82) is 0 Å². The molecule has 0 radical (unpaired) electrons. The number of methoxy groups -OCH3 is 1. The van der Waals surface area contributed by atoms with Gasteiger partial charge in [0.2, 0.25) is 5.91 Å². The van der Waals surface area contributed by atoms with E-state index in [0.29, 0.717) is 24.4 Å². The first-order chi connectivity index (χ1) is 12.4. The van der Waals surface area contributed by atoms with Gasteiger partial charge in [-0.05, 0) is 49.2 Å². The number of sulfonamides is 1. The molecule has 1 heterocycles. The molecular weight excluding hydrogens is 359 g/mol. The summed E-state index contributed by atoms with van der Waals surface area (Å²) in [6, 6.07) is 9.44. The number of rotatable bonds is 5. The molecule has 6 nitrogen and oxygen atoms in total. The molecule has 0 aliphatic carbocycles. The number of benzene rings is 2. The van der Waals surface area contributed by atoms with Crippen molar-refractivity contribution in [2.75, 3.05) is 23.3 Å². The highest BCUT2D eigenvalue weighted by molar-refractivity contribution is 7.92. The summed E-state index contributed by atoms with van der Waals surface area (Å²) in [5, 5.41) is 0. The van der Waals surface area contributed by atoms with E-state index in [9.17, 15) is 17.6 Å². The lowest BCUT2D eigenvalue weighted by Gasteiger charge is -2.28. The van der Waals surface area contributed by atoms with Crippen molar-refractivity contribution in [2.24, 2.45) is 0 Å². The van der Waals surface area contributed by atoms with Gasteiger partial charge >= 0.3 is 0 Å². The molecule has 0 spiro atoms. The molecule has 26 heavy (non-hydrogen) atoms. The fourth-order valence-corrected chi connectivity index (χ4v) is 3.95. The maximum absolute atomic E-state index is 13.3. The predicted octanol–water partition coefficient (Wildman–Crippen LogP) is 3.15. The van der Waals surface area contributed by atoms with Gasteiger partial charge in [-0.25, -0.2) is 12.8 Å². The van der Waals surface area contributed by atoms with Gasteiger partial charge in [-0.2, -0.15) is 0 Å². The van der Waals surface area contributed by atoms with Crippen molar-refractivity contribution in [3.63, 3.8) is 0 Å². The normalized spacial score (nSPS) is 15.0. The molecule has 0 bridgehead atoms. The van der Waals surface area contributed by atoms with Gasteiger partial charge in [0.15, 0.2) is 0 Å². The largest absolute Gasteiger partial charge is 0.495 e. The number of anilines is 2. The number of nitrogens with one attached hydrogen (secondary N) is 1. The highest BCUT2D eigenvalue weighted by Gasteiger charge is 2.24. The maximum Gasteiger partial charge on any atom is 0.261 e. The summed E-state index contributed by atoms with van der Waals surface area (Å²) in [7, 11) is -2.46. The van der Waals surface area contributed by atoms with E-state index < -0.39 is 15.8 Å². The second kappa shape index (κ2) is 7.33. The van der Waals surface area contributed by atoms with Gasteiger partial charge < -0.3 is 9.64 Å². The van der Waals surface area contributed by atoms with Crippen LogP contribution in [0.2, 0.25) is 0 Å². The van der Waals surface area contributed by atoms with Crippen LogP contribution >= 0.6 is 0 Å². The number of carbonyl (C=O) groups is 1. The number of halogens is 1. The molecule has 1 amide bonds. The van der Waals surface area contributed by atoms with Gasteiger partial charge in [-0.1, -0.05) is 6.07 Å². The summed E-state index contributed by atoms with van der Waals surface area (Å²) in [6.07, 6.45) is 2.15. The zero-order valence-corrected chi connectivity index (χ0v) is 15.1. The molecule has 1 aliphatic rings. The van der Waals surface area contributed by atoms with Crippen molar-refractivity contribution in [3.05, 3.63) is 48.3 Å². The fraction of sp³-hybridized carbons (Fsp3) is 0.278. The van der Waals surface area contributed by atoms with E-state index in [1.165, 1.54) is 31.4 Å². The SMILES string of the molecule is COc1ccc(NS(=O)(=O)c2cccc(F)c2)cc1N1CCCCC1=O. The molecule has 1 saturated heterocycles. The second-order valence-corrected chi connectivity index (χ2v) is 7.63. The van der Waals surface area contributed by atoms with Crippen molar-refractivity contribution in [1.82, 2.24) is 0 Å². The number of hydrogen-bond acceptors (Lipinski definition) is 4. The van der Waals surface area contributed by atoms with E-state index in [-0.39, 0.29) is 16.5 Å². The van der Waals surface area contributed by atoms with Gasteiger partial charge in [-0.3, -0.25) is 9.52 Å². The second-order valence-electron chi connectivity index (χ2n) is 5.95. The molecule has 138 valence electrons. The predicted molar refractivity (Wildman–Crippen MR) is 96.4 cm³/mol. The van der Waals surface area contributed by atoms with Gasteiger partial charge in [-0.15, -0.1) is 0 Å². The number of amides is 1. The summed E-state index contributed by atoms with van der Waals surface area (Å²) >= 11 is 0. The minimum absolute atomic E-state index is 0.0281. The Labute approximate surface area is 151 Å². The van der Waals surface area contributed by atoms with Crippen LogP contribution in [0.4, 0.5) is 15.8 Å². The van der Waals surface area contributed by atoms with E-state index in [1.807, 2.05) is 0 Å². The van der Waals surface area contributed by atoms with Crippen LogP contribution in [0.3, 0.4) is 0 Å². The average Bonchev–Trinajstić information content (AvgIpc) is 2.62. The van der Waals surface area contributed by atoms with Crippen molar-refractivity contribution < 1.29 is 22.3 Å². The van der Waals surface area contributed by atoms with Crippen LogP contribution in [0.1, 0.15) is 19.3 Å². The maximum atomic E-state index is 13.3. The Balaban J connectivity index is 1.94. The van der Waals surface area contributed by atoms with E-state index in [1.54, 1.807) is 17.0 Å². The van der Waals surface area contributed by atoms with Gasteiger partial charge in [0.1, 0.15) is 11.6 Å². The summed E-state index contributed by atoms with van der Waals surface area (Å²) in [5.74, 6) is -0.184. The molecule has 0 atom stereocenters. The lowest BCUT2D eigenvalue weighted by atomic mass is 10.1. The zero-order valence-electron chi connectivity index (χ0n) is 14.2. The number of piperidine rings is 1. The minimum Gasteiger partial charge on any atom is -0.495 e. The third-order valence-corrected chi connectivity index (χ3v) is 5.53. The third kappa shape index (κ3) is 3.80. The van der Waals surface area contributed by atoms with Crippen LogP contribution in [0.5, 0.6) is 5.75 Å². The summed E-state index contributed by atoms with van der Waals surface area (Å²) in [4.78, 5) is 13.6. The highest BCUT2D eigenvalue weighted by Crippen LogP contribution is 2.34. The van der Waals surface area contributed by atoms with Gasteiger partial charge in [0.05, 0.1) is 23.4 Å². The first-order valence-electron chi connectivity index (χ1n) is 8.17. The third-order valence-electron chi connectivity index (χ3n) is 4.15. The highest BCUT2D eigenvalue weighted by atomic mass is 32.2. The number of nitrogens with zero attached hydrogens (tertiary/aromatic N) is 1. The van der Waals surface area contributed by atoms with E-state index >= 15 is 0 Å². The fourth-order valence-electron chi connectivity index (χ4n) is 2.87. The zero-order chi connectivity index (χ0) is 18.7. The molecule has 2 aromatic carbocycles. The Morgan fingerprint density at radius 1 is 1.15 bits per heavy atom. The first kappa shape index (κ1) is 18.2. The topological polar surface area (TPSA) is 75.7 Å². The van der Waals surface area contributed by atoms with Gasteiger partial charge in [0, 0.05) is 13.0 Å². The van der Waals surface area contributed by atoms with Crippen LogP contribution in [0, 0.1) is 5.82 Å². The van der Waals surface area contributed by atoms with Crippen molar-refractivity contribution >= 4 is 27.3 Å². The van der Waals surface area contributed by atoms with Crippen molar-refractivity contribution in [2.45, 2.75) is 24.2 Å².